The van der Waals surface area contributed by atoms with E-state index in [1.54, 1.807) is 19.1 Å². The molecule has 0 heterocycles. The van der Waals surface area contributed by atoms with Crippen LogP contribution in [-0.4, -0.2) is 5.78 Å². The summed E-state index contributed by atoms with van der Waals surface area (Å²) in [7, 11) is 0. The van der Waals surface area contributed by atoms with Gasteiger partial charge in [0.1, 0.15) is 5.78 Å². The molecule has 1 aromatic carbocycles. The average molecular weight is 198 g/mol. The van der Waals surface area contributed by atoms with Crippen molar-refractivity contribution >= 4 is 5.78 Å². The van der Waals surface area contributed by atoms with Crippen LogP contribution in [0.1, 0.15) is 30.0 Å². The Morgan fingerprint density at radius 2 is 2.07 bits per heavy atom. The third-order valence-electron chi connectivity index (χ3n) is 2.03. The maximum absolute atomic E-state index is 12.5. The van der Waals surface area contributed by atoms with E-state index in [1.165, 1.54) is 13.0 Å². The summed E-state index contributed by atoms with van der Waals surface area (Å²) in [4.78, 5) is 10.8. The molecule has 0 fully saturated rings. The van der Waals surface area contributed by atoms with Crippen molar-refractivity contribution in [1.29, 1.82) is 0 Å². The van der Waals surface area contributed by atoms with Gasteiger partial charge in [0.05, 0.1) is 0 Å². The zero-order valence-electron chi connectivity index (χ0n) is 8.18. The summed E-state index contributed by atoms with van der Waals surface area (Å²) in [6, 6.07) is 4.74. The number of halogens is 2. The lowest BCUT2D eigenvalue weighted by Crippen LogP contribution is -1.98. The molecule has 0 aliphatic rings. The van der Waals surface area contributed by atoms with E-state index < -0.39 is 6.43 Å². The molecule has 3 heteroatoms. The SMILES string of the molecule is CC(=O)Cc1ccc(C)c(C(F)F)c1. The minimum absolute atomic E-state index is 0.0174. The maximum atomic E-state index is 12.5. The minimum atomic E-state index is -2.47. The van der Waals surface area contributed by atoms with Gasteiger partial charge in [-0.15, -0.1) is 0 Å². The molecule has 0 bridgehead atoms. The molecular formula is C11H12F2O. The Morgan fingerprint density at radius 3 is 2.57 bits per heavy atom. The molecule has 0 aliphatic heterocycles. The molecular weight excluding hydrogens is 186 g/mol. The number of carbonyl (C=O) groups is 1. The van der Waals surface area contributed by atoms with Gasteiger partial charge in [0.2, 0.25) is 0 Å². The Balaban J connectivity index is 3.00. The van der Waals surface area contributed by atoms with E-state index in [2.05, 4.69) is 0 Å². The molecule has 0 atom stereocenters. The van der Waals surface area contributed by atoms with Gasteiger partial charge in [0.25, 0.3) is 6.43 Å². The summed E-state index contributed by atoms with van der Waals surface area (Å²) >= 11 is 0. The lowest BCUT2D eigenvalue weighted by Gasteiger charge is -2.06. The fraction of sp³-hybridized carbons (Fsp3) is 0.364. The van der Waals surface area contributed by atoms with E-state index in [0.29, 0.717) is 11.1 Å². The van der Waals surface area contributed by atoms with Gasteiger partial charge in [-0.3, -0.25) is 4.79 Å². The van der Waals surface area contributed by atoms with Crippen molar-refractivity contribution in [2.45, 2.75) is 26.7 Å². The van der Waals surface area contributed by atoms with Crippen LogP contribution in [0.15, 0.2) is 18.2 Å². The fourth-order valence-corrected chi connectivity index (χ4v) is 1.32. The molecule has 0 amide bonds. The van der Waals surface area contributed by atoms with Crippen molar-refractivity contribution in [3.8, 4) is 0 Å². The van der Waals surface area contributed by atoms with E-state index in [-0.39, 0.29) is 17.8 Å². The molecule has 14 heavy (non-hydrogen) atoms. The lowest BCUT2D eigenvalue weighted by atomic mass is 10.0. The number of Topliss-reactive ketones (excluding diaryl/α,β-unsaturated/α-hetero) is 1. The monoisotopic (exact) mass is 198 g/mol. The first-order valence-electron chi connectivity index (χ1n) is 4.37. The largest absolute Gasteiger partial charge is 0.300 e. The van der Waals surface area contributed by atoms with Crippen LogP contribution in [0.5, 0.6) is 0 Å². The van der Waals surface area contributed by atoms with Crippen molar-refractivity contribution in [2.75, 3.05) is 0 Å². The summed E-state index contributed by atoms with van der Waals surface area (Å²) < 4.78 is 24.9. The number of carbonyl (C=O) groups excluding carboxylic acids is 1. The Kier molecular flexibility index (Phi) is 3.33. The molecule has 1 rings (SSSR count). The standard InChI is InChI=1S/C11H12F2O/c1-7-3-4-9(5-8(2)14)6-10(7)11(12)13/h3-4,6,11H,5H2,1-2H3. The fourth-order valence-electron chi connectivity index (χ4n) is 1.32. The predicted molar refractivity (Wildman–Crippen MR) is 50.5 cm³/mol. The maximum Gasteiger partial charge on any atom is 0.264 e. The topological polar surface area (TPSA) is 17.1 Å². The number of ketones is 1. The third kappa shape index (κ3) is 2.62. The summed E-state index contributed by atoms with van der Waals surface area (Å²) in [5.74, 6) is -0.0194. The second-order valence-electron chi connectivity index (χ2n) is 3.37. The molecule has 0 unspecified atom stereocenters. The van der Waals surface area contributed by atoms with Crippen LogP contribution >= 0.6 is 0 Å². The summed E-state index contributed by atoms with van der Waals surface area (Å²) in [6.07, 6.45) is -2.25. The lowest BCUT2D eigenvalue weighted by molar-refractivity contribution is -0.116. The highest BCUT2D eigenvalue weighted by molar-refractivity contribution is 5.78. The third-order valence-corrected chi connectivity index (χ3v) is 2.03. The average Bonchev–Trinajstić information content (AvgIpc) is 2.07. The molecule has 0 saturated heterocycles. The normalized spacial score (nSPS) is 10.6. The summed E-state index contributed by atoms with van der Waals surface area (Å²) in [5, 5.41) is 0. The zero-order valence-corrected chi connectivity index (χ0v) is 8.18. The predicted octanol–water partition coefficient (Wildman–Crippen LogP) is 3.06. The smallest absolute Gasteiger partial charge is 0.264 e. The summed E-state index contributed by atoms with van der Waals surface area (Å²) in [6.45, 7) is 3.08. The van der Waals surface area contributed by atoms with Gasteiger partial charge in [-0.25, -0.2) is 8.78 Å². The van der Waals surface area contributed by atoms with Gasteiger partial charge in [-0.1, -0.05) is 12.1 Å². The molecule has 0 aliphatic carbocycles. The van der Waals surface area contributed by atoms with E-state index >= 15 is 0 Å². The first kappa shape index (κ1) is 10.8. The van der Waals surface area contributed by atoms with E-state index in [0.717, 1.165) is 0 Å². The van der Waals surface area contributed by atoms with Crippen LogP contribution in [-0.2, 0) is 11.2 Å². The van der Waals surface area contributed by atoms with Crippen LogP contribution in [0.4, 0.5) is 8.78 Å². The van der Waals surface area contributed by atoms with Crippen molar-refractivity contribution in [2.24, 2.45) is 0 Å². The van der Waals surface area contributed by atoms with Crippen molar-refractivity contribution in [3.63, 3.8) is 0 Å². The van der Waals surface area contributed by atoms with Crippen LogP contribution < -0.4 is 0 Å². The van der Waals surface area contributed by atoms with Crippen LogP contribution in [0, 0.1) is 6.92 Å². The highest BCUT2D eigenvalue weighted by atomic mass is 19.3. The van der Waals surface area contributed by atoms with Crippen molar-refractivity contribution in [1.82, 2.24) is 0 Å². The summed E-state index contributed by atoms with van der Waals surface area (Å²) in [5.41, 5.74) is 1.23. The first-order valence-corrected chi connectivity index (χ1v) is 4.37. The van der Waals surface area contributed by atoms with E-state index in [1.807, 2.05) is 0 Å². The molecule has 76 valence electrons. The van der Waals surface area contributed by atoms with Gasteiger partial charge < -0.3 is 0 Å². The molecule has 1 nitrogen and oxygen atoms in total. The van der Waals surface area contributed by atoms with Crippen LogP contribution in [0.2, 0.25) is 0 Å². The molecule has 1 aromatic rings. The van der Waals surface area contributed by atoms with Gasteiger partial charge in [-0.2, -0.15) is 0 Å². The van der Waals surface area contributed by atoms with Gasteiger partial charge in [0.15, 0.2) is 0 Å². The van der Waals surface area contributed by atoms with Crippen molar-refractivity contribution in [3.05, 3.63) is 34.9 Å². The quantitative estimate of drug-likeness (QED) is 0.729. The Bertz CT molecular complexity index is 345. The second-order valence-corrected chi connectivity index (χ2v) is 3.37. The Morgan fingerprint density at radius 1 is 1.43 bits per heavy atom. The zero-order chi connectivity index (χ0) is 10.7. The minimum Gasteiger partial charge on any atom is -0.300 e. The van der Waals surface area contributed by atoms with E-state index in [9.17, 15) is 13.6 Å². The molecule has 0 aromatic heterocycles. The molecule has 0 spiro atoms. The Hall–Kier alpha value is -1.25. The first-order chi connectivity index (χ1) is 6.50. The Labute approximate surface area is 81.7 Å². The van der Waals surface area contributed by atoms with Gasteiger partial charge in [0, 0.05) is 12.0 Å². The van der Waals surface area contributed by atoms with Crippen LogP contribution in [0.3, 0.4) is 0 Å². The highest BCUT2D eigenvalue weighted by Gasteiger charge is 2.11. The molecule has 0 saturated carbocycles. The number of benzene rings is 1. The molecule has 0 radical (unpaired) electrons. The molecule has 0 N–H and O–H groups in total. The highest BCUT2D eigenvalue weighted by Crippen LogP contribution is 2.23. The van der Waals surface area contributed by atoms with Crippen molar-refractivity contribution < 1.29 is 13.6 Å². The second kappa shape index (κ2) is 4.31. The number of rotatable bonds is 3. The van der Waals surface area contributed by atoms with Crippen LogP contribution in [0.25, 0.3) is 0 Å². The number of hydrogen-bond donors (Lipinski definition) is 0. The number of hydrogen-bond acceptors (Lipinski definition) is 1. The number of alkyl halides is 2. The van der Waals surface area contributed by atoms with Gasteiger partial charge >= 0.3 is 0 Å². The number of aryl methyl sites for hydroxylation is 1. The van der Waals surface area contributed by atoms with Gasteiger partial charge in [-0.05, 0) is 31.0 Å². The van der Waals surface area contributed by atoms with E-state index in [4.69, 9.17) is 0 Å².